The minimum absolute atomic E-state index is 0.496. The van der Waals surface area contributed by atoms with E-state index in [-0.39, 0.29) is 0 Å². The normalized spacial score (nSPS) is 17.8. The van der Waals surface area contributed by atoms with Gasteiger partial charge in [0.15, 0.2) is 0 Å². The van der Waals surface area contributed by atoms with Crippen molar-refractivity contribution >= 4 is 15.9 Å². The summed E-state index contributed by atoms with van der Waals surface area (Å²) in [7, 11) is 0. The van der Waals surface area contributed by atoms with Crippen molar-refractivity contribution < 1.29 is 9.47 Å². The lowest BCUT2D eigenvalue weighted by Gasteiger charge is -2.29. The van der Waals surface area contributed by atoms with Crippen LogP contribution >= 0.6 is 15.9 Å². The van der Waals surface area contributed by atoms with Crippen LogP contribution in [-0.4, -0.2) is 28.0 Å². The lowest BCUT2D eigenvalue weighted by atomic mass is 10.00. The second kappa shape index (κ2) is 5.03. The van der Waals surface area contributed by atoms with Crippen LogP contribution in [-0.2, 0) is 21.8 Å². The summed E-state index contributed by atoms with van der Waals surface area (Å²) in [5, 5.41) is 4.13. The topological polar surface area (TPSA) is 49.2 Å². The summed E-state index contributed by atoms with van der Waals surface area (Å²) in [4.78, 5) is 3.96. The Hall–Kier alpha value is -1.24. The number of aryl methyl sites for hydroxylation is 1. The second-order valence-corrected chi connectivity index (χ2v) is 5.42. The number of halogens is 1. The minimum Gasteiger partial charge on any atom is -0.342 e. The van der Waals surface area contributed by atoms with Gasteiger partial charge in [0, 0.05) is 10.0 Å². The SMILES string of the molecule is Cc1cc(Br)ccc1C1(Cn2cncn2)OCCO1. The first-order valence-corrected chi connectivity index (χ1v) is 6.86. The molecule has 3 rings (SSSR count). The first-order chi connectivity index (χ1) is 9.20. The van der Waals surface area contributed by atoms with Crippen LogP contribution in [0.4, 0.5) is 0 Å². The van der Waals surface area contributed by atoms with Crippen LogP contribution in [0.3, 0.4) is 0 Å². The molecule has 0 radical (unpaired) electrons. The highest BCUT2D eigenvalue weighted by atomic mass is 79.9. The van der Waals surface area contributed by atoms with Crippen LogP contribution in [0.25, 0.3) is 0 Å². The van der Waals surface area contributed by atoms with Crippen molar-refractivity contribution in [1.82, 2.24) is 14.8 Å². The highest BCUT2D eigenvalue weighted by Gasteiger charge is 2.40. The maximum Gasteiger partial charge on any atom is 0.215 e. The molecule has 0 N–H and O–H groups in total. The maximum absolute atomic E-state index is 5.89. The van der Waals surface area contributed by atoms with Gasteiger partial charge in [0.05, 0.1) is 13.2 Å². The zero-order valence-corrected chi connectivity index (χ0v) is 12.1. The van der Waals surface area contributed by atoms with Gasteiger partial charge in [-0.3, -0.25) is 0 Å². The van der Waals surface area contributed by atoms with E-state index in [9.17, 15) is 0 Å². The van der Waals surface area contributed by atoms with E-state index < -0.39 is 5.79 Å². The molecule has 0 bridgehead atoms. The van der Waals surface area contributed by atoms with E-state index in [2.05, 4.69) is 32.1 Å². The highest BCUT2D eigenvalue weighted by Crippen LogP contribution is 2.35. The summed E-state index contributed by atoms with van der Waals surface area (Å²) >= 11 is 3.47. The average molecular weight is 324 g/mol. The van der Waals surface area contributed by atoms with Crippen molar-refractivity contribution in [2.45, 2.75) is 19.3 Å². The van der Waals surface area contributed by atoms with Crippen molar-refractivity contribution in [1.29, 1.82) is 0 Å². The second-order valence-electron chi connectivity index (χ2n) is 4.50. The van der Waals surface area contributed by atoms with Crippen molar-refractivity contribution in [2.75, 3.05) is 13.2 Å². The van der Waals surface area contributed by atoms with Crippen LogP contribution in [0.1, 0.15) is 11.1 Å². The summed E-state index contributed by atoms with van der Waals surface area (Å²) < 4.78 is 14.6. The number of nitrogens with zero attached hydrogens (tertiary/aromatic N) is 3. The monoisotopic (exact) mass is 323 g/mol. The fraction of sp³-hybridized carbons (Fsp3) is 0.385. The first kappa shape index (κ1) is 12.8. The van der Waals surface area contributed by atoms with E-state index in [1.54, 1.807) is 11.0 Å². The van der Waals surface area contributed by atoms with E-state index in [1.807, 2.05) is 19.1 Å². The lowest BCUT2D eigenvalue weighted by molar-refractivity contribution is -0.178. The van der Waals surface area contributed by atoms with Crippen LogP contribution < -0.4 is 0 Å². The molecule has 0 atom stereocenters. The van der Waals surface area contributed by atoms with Gasteiger partial charge in [0.25, 0.3) is 0 Å². The van der Waals surface area contributed by atoms with Gasteiger partial charge in [-0.05, 0) is 24.6 Å². The molecular weight excluding hydrogens is 310 g/mol. The van der Waals surface area contributed by atoms with Gasteiger partial charge < -0.3 is 9.47 Å². The molecule has 2 heterocycles. The minimum atomic E-state index is -0.765. The van der Waals surface area contributed by atoms with E-state index in [0.29, 0.717) is 19.8 Å². The Morgan fingerprint density at radius 3 is 2.79 bits per heavy atom. The van der Waals surface area contributed by atoms with Gasteiger partial charge in [0.1, 0.15) is 19.2 Å². The Kier molecular flexibility index (Phi) is 3.38. The molecular formula is C13H14BrN3O2. The van der Waals surface area contributed by atoms with E-state index >= 15 is 0 Å². The number of hydrogen-bond donors (Lipinski definition) is 0. The Labute approximate surface area is 119 Å². The Morgan fingerprint density at radius 1 is 1.37 bits per heavy atom. The molecule has 0 saturated carbocycles. The molecule has 5 nitrogen and oxygen atoms in total. The molecule has 100 valence electrons. The molecule has 6 heteroatoms. The van der Waals surface area contributed by atoms with Gasteiger partial charge in [-0.25, -0.2) is 9.67 Å². The number of aromatic nitrogens is 3. The summed E-state index contributed by atoms with van der Waals surface area (Å²) in [6, 6.07) is 6.08. The smallest absolute Gasteiger partial charge is 0.215 e. The van der Waals surface area contributed by atoms with Crippen molar-refractivity contribution in [3.8, 4) is 0 Å². The predicted molar refractivity (Wildman–Crippen MR) is 72.5 cm³/mol. The number of hydrogen-bond acceptors (Lipinski definition) is 4. The Bertz CT molecular complexity index is 565. The Morgan fingerprint density at radius 2 is 2.16 bits per heavy atom. The third-order valence-electron chi connectivity index (χ3n) is 3.19. The van der Waals surface area contributed by atoms with Crippen LogP contribution in [0.2, 0.25) is 0 Å². The zero-order valence-electron chi connectivity index (χ0n) is 10.5. The molecule has 1 saturated heterocycles. The van der Waals surface area contributed by atoms with Crippen LogP contribution in [0, 0.1) is 6.92 Å². The summed E-state index contributed by atoms with van der Waals surface area (Å²) in [5.74, 6) is -0.765. The fourth-order valence-electron chi connectivity index (χ4n) is 2.37. The molecule has 1 fully saturated rings. The largest absolute Gasteiger partial charge is 0.342 e. The molecule has 19 heavy (non-hydrogen) atoms. The van der Waals surface area contributed by atoms with Crippen molar-refractivity contribution in [3.05, 3.63) is 46.5 Å². The lowest BCUT2D eigenvalue weighted by Crippen LogP contribution is -2.33. The van der Waals surface area contributed by atoms with Gasteiger partial charge in [-0.15, -0.1) is 0 Å². The Balaban J connectivity index is 2.00. The fourth-order valence-corrected chi connectivity index (χ4v) is 2.84. The number of ether oxygens (including phenoxy) is 2. The van der Waals surface area contributed by atoms with Gasteiger partial charge in [-0.1, -0.05) is 22.0 Å². The van der Waals surface area contributed by atoms with Crippen LogP contribution in [0.5, 0.6) is 0 Å². The molecule has 0 unspecified atom stereocenters. The van der Waals surface area contributed by atoms with Crippen LogP contribution in [0.15, 0.2) is 35.3 Å². The third-order valence-corrected chi connectivity index (χ3v) is 3.68. The summed E-state index contributed by atoms with van der Waals surface area (Å²) in [6.07, 6.45) is 3.18. The predicted octanol–water partition coefficient (Wildman–Crippen LogP) is 2.25. The molecule has 1 aromatic carbocycles. The standard InChI is InChI=1S/C13H14BrN3O2/c1-10-6-11(14)2-3-12(10)13(18-4-5-19-13)7-17-9-15-8-16-17/h2-3,6,8-9H,4-5,7H2,1H3. The summed E-state index contributed by atoms with van der Waals surface area (Å²) in [5.41, 5.74) is 2.15. The van der Waals surface area contributed by atoms with Crippen molar-refractivity contribution in [2.24, 2.45) is 0 Å². The third kappa shape index (κ3) is 2.43. The van der Waals surface area contributed by atoms with Gasteiger partial charge in [0.2, 0.25) is 5.79 Å². The molecule has 0 aliphatic carbocycles. The number of rotatable bonds is 3. The molecule has 0 amide bonds. The quantitative estimate of drug-likeness (QED) is 0.869. The molecule has 2 aromatic rings. The van der Waals surface area contributed by atoms with Gasteiger partial charge >= 0.3 is 0 Å². The molecule has 1 aromatic heterocycles. The molecule has 0 spiro atoms. The van der Waals surface area contributed by atoms with E-state index in [1.165, 1.54) is 6.33 Å². The summed E-state index contributed by atoms with van der Waals surface area (Å²) in [6.45, 7) is 3.72. The van der Waals surface area contributed by atoms with E-state index in [4.69, 9.17) is 9.47 Å². The molecule has 1 aliphatic heterocycles. The average Bonchev–Trinajstić information content (AvgIpc) is 3.02. The zero-order chi connectivity index (χ0) is 13.3. The molecule has 1 aliphatic rings. The first-order valence-electron chi connectivity index (χ1n) is 6.07. The number of benzene rings is 1. The highest BCUT2D eigenvalue weighted by molar-refractivity contribution is 9.10. The maximum atomic E-state index is 5.89. The van der Waals surface area contributed by atoms with Gasteiger partial charge in [-0.2, -0.15) is 5.10 Å². The van der Waals surface area contributed by atoms with Crippen molar-refractivity contribution in [3.63, 3.8) is 0 Å². The van der Waals surface area contributed by atoms with E-state index in [0.717, 1.165) is 15.6 Å².